The summed E-state index contributed by atoms with van der Waals surface area (Å²) in [6.45, 7) is 2.55. The maximum absolute atomic E-state index is 13.2. The fourth-order valence-corrected chi connectivity index (χ4v) is 4.09. The van der Waals surface area contributed by atoms with Crippen LogP contribution in [0.15, 0.2) is 28.8 Å². The average Bonchev–Trinajstić information content (AvgIpc) is 3.24. The number of amides is 2. The fraction of sp³-hybridized carbons (Fsp3) is 0.476. The highest BCUT2D eigenvalue weighted by Gasteiger charge is 2.33. The molecule has 0 saturated carbocycles. The summed E-state index contributed by atoms with van der Waals surface area (Å²) in [6, 6.07) is 5.77. The zero-order chi connectivity index (χ0) is 21.1. The van der Waals surface area contributed by atoms with Crippen LogP contribution < -0.4 is 0 Å². The minimum atomic E-state index is -0.489. The van der Waals surface area contributed by atoms with E-state index in [2.05, 4.69) is 5.16 Å². The lowest BCUT2D eigenvalue weighted by molar-refractivity contribution is -0.384. The lowest BCUT2D eigenvalue weighted by Gasteiger charge is -2.26. The topological polar surface area (TPSA) is 110 Å². The monoisotopic (exact) mass is 412 g/mol. The van der Waals surface area contributed by atoms with E-state index in [4.69, 9.17) is 4.52 Å². The van der Waals surface area contributed by atoms with E-state index in [0.29, 0.717) is 37.3 Å². The molecule has 0 aliphatic carbocycles. The Labute approximate surface area is 173 Å². The zero-order valence-corrected chi connectivity index (χ0v) is 16.7. The van der Waals surface area contributed by atoms with Crippen molar-refractivity contribution in [2.75, 3.05) is 26.2 Å². The van der Waals surface area contributed by atoms with Crippen molar-refractivity contribution in [2.45, 2.75) is 38.5 Å². The Balaban J connectivity index is 1.74. The van der Waals surface area contributed by atoms with Gasteiger partial charge in [-0.05, 0) is 56.2 Å². The van der Waals surface area contributed by atoms with Crippen LogP contribution in [0, 0.1) is 10.1 Å². The smallest absolute Gasteiger partial charge is 0.293 e. The second kappa shape index (κ2) is 8.64. The lowest BCUT2D eigenvalue weighted by atomic mass is 10.0. The number of piperidine rings is 2. The molecule has 0 radical (unpaired) electrons. The predicted molar refractivity (Wildman–Crippen MR) is 108 cm³/mol. The number of carbonyl (C=O) groups is 2. The molecule has 0 N–H and O–H groups in total. The minimum absolute atomic E-state index is 0.0195. The molecule has 0 atom stereocenters. The van der Waals surface area contributed by atoms with Crippen LogP contribution in [0.1, 0.15) is 59.6 Å². The summed E-state index contributed by atoms with van der Waals surface area (Å²) in [5.41, 5.74) is 0.841. The second-order valence-corrected chi connectivity index (χ2v) is 7.75. The molecule has 2 saturated heterocycles. The highest BCUT2D eigenvalue weighted by molar-refractivity contribution is 6.06. The molecule has 2 aliphatic rings. The molecule has 9 nitrogen and oxygen atoms in total. The standard InChI is InChI=1S/C21H24N4O5/c26-20(23-11-3-1-4-12-23)18-17(15-7-9-16(10-8-15)25(28)29)19(30-22-18)21(27)24-13-5-2-6-14-24/h7-10H,1-6,11-14H2. The van der Waals surface area contributed by atoms with Gasteiger partial charge in [0.1, 0.15) is 0 Å². The van der Waals surface area contributed by atoms with Crippen molar-refractivity contribution in [1.29, 1.82) is 0 Å². The van der Waals surface area contributed by atoms with Gasteiger partial charge in [0.2, 0.25) is 5.76 Å². The molecular weight excluding hydrogens is 388 g/mol. The first kappa shape index (κ1) is 20.1. The summed E-state index contributed by atoms with van der Waals surface area (Å²) in [6.07, 6.45) is 5.86. The summed E-state index contributed by atoms with van der Waals surface area (Å²) < 4.78 is 5.43. The number of nitro benzene ring substituents is 1. The number of likely N-dealkylation sites (tertiary alicyclic amines) is 2. The third kappa shape index (κ3) is 3.92. The third-order valence-electron chi connectivity index (χ3n) is 5.74. The second-order valence-electron chi connectivity index (χ2n) is 7.75. The largest absolute Gasteiger partial charge is 0.350 e. The molecule has 30 heavy (non-hydrogen) atoms. The Morgan fingerprint density at radius 1 is 0.867 bits per heavy atom. The Morgan fingerprint density at radius 3 is 1.93 bits per heavy atom. The van der Waals surface area contributed by atoms with Gasteiger partial charge in [-0.15, -0.1) is 0 Å². The molecule has 0 bridgehead atoms. The molecular formula is C21H24N4O5. The number of hydrogen-bond acceptors (Lipinski definition) is 6. The number of aromatic nitrogens is 1. The maximum atomic E-state index is 13.2. The van der Waals surface area contributed by atoms with E-state index >= 15 is 0 Å². The van der Waals surface area contributed by atoms with Crippen LogP contribution in [-0.4, -0.2) is 57.9 Å². The van der Waals surface area contributed by atoms with Gasteiger partial charge in [0.15, 0.2) is 5.69 Å². The van der Waals surface area contributed by atoms with E-state index < -0.39 is 4.92 Å². The van der Waals surface area contributed by atoms with E-state index in [0.717, 1.165) is 38.5 Å². The molecule has 2 amide bonds. The van der Waals surface area contributed by atoms with E-state index in [1.54, 1.807) is 9.80 Å². The predicted octanol–water partition coefficient (Wildman–Crippen LogP) is 3.50. The van der Waals surface area contributed by atoms with Gasteiger partial charge in [0, 0.05) is 38.3 Å². The summed E-state index contributed by atoms with van der Waals surface area (Å²) in [7, 11) is 0. The van der Waals surface area contributed by atoms with Crippen molar-refractivity contribution in [3.63, 3.8) is 0 Å². The number of benzene rings is 1. The number of rotatable bonds is 4. The minimum Gasteiger partial charge on any atom is -0.350 e. The van der Waals surface area contributed by atoms with E-state index in [-0.39, 0.29) is 29.0 Å². The van der Waals surface area contributed by atoms with Crippen LogP contribution in [0.3, 0.4) is 0 Å². The van der Waals surface area contributed by atoms with Gasteiger partial charge in [0.05, 0.1) is 10.5 Å². The summed E-state index contributed by atoms with van der Waals surface area (Å²) in [5, 5.41) is 15.0. The molecule has 4 rings (SSSR count). The van der Waals surface area contributed by atoms with E-state index in [1.165, 1.54) is 24.3 Å². The van der Waals surface area contributed by atoms with E-state index in [9.17, 15) is 19.7 Å². The number of non-ortho nitro benzene ring substituents is 1. The van der Waals surface area contributed by atoms with Crippen LogP contribution in [0.25, 0.3) is 11.1 Å². The quantitative estimate of drug-likeness (QED) is 0.561. The first-order valence-corrected chi connectivity index (χ1v) is 10.4. The first-order valence-electron chi connectivity index (χ1n) is 10.4. The summed E-state index contributed by atoms with van der Waals surface area (Å²) in [5.74, 6) is -0.552. The number of nitrogens with zero attached hydrogens (tertiary/aromatic N) is 4. The van der Waals surface area contributed by atoms with Gasteiger partial charge >= 0.3 is 0 Å². The molecule has 2 fully saturated rings. The zero-order valence-electron chi connectivity index (χ0n) is 16.7. The van der Waals surface area contributed by atoms with Crippen molar-refractivity contribution in [1.82, 2.24) is 15.0 Å². The molecule has 9 heteroatoms. The van der Waals surface area contributed by atoms with Crippen LogP contribution in [0.2, 0.25) is 0 Å². The molecule has 158 valence electrons. The van der Waals surface area contributed by atoms with Gasteiger partial charge < -0.3 is 14.3 Å². The fourth-order valence-electron chi connectivity index (χ4n) is 4.09. The van der Waals surface area contributed by atoms with Crippen molar-refractivity contribution in [3.05, 3.63) is 45.8 Å². The lowest BCUT2D eigenvalue weighted by Crippen LogP contribution is -2.36. The highest BCUT2D eigenvalue weighted by Crippen LogP contribution is 2.32. The SMILES string of the molecule is O=C(c1noc(C(=O)N2CCCCC2)c1-c1ccc([N+](=O)[O-])cc1)N1CCCCC1. The van der Waals surface area contributed by atoms with Crippen LogP contribution in [0.5, 0.6) is 0 Å². The molecule has 0 unspecified atom stereocenters. The average molecular weight is 412 g/mol. The van der Waals surface area contributed by atoms with Crippen LogP contribution in [-0.2, 0) is 0 Å². The molecule has 2 aromatic rings. The first-order chi connectivity index (χ1) is 14.6. The number of nitro groups is 1. The molecule has 0 spiro atoms. The number of hydrogen-bond donors (Lipinski definition) is 0. The van der Waals surface area contributed by atoms with Gasteiger partial charge in [-0.3, -0.25) is 19.7 Å². The molecule has 3 heterocycles. The Kier molecular flexibility index (Phi) is 5.78. The van der Waals surface area contributed by atoms with Crippen molar-refractivity contribution >= 4 is 17.5 Å². The summed E-state index contributed by atoms with van der Waals surface area (Å²) in [4.78, 5) is 40.3. The number of carbonyl (C=O) groups excluding carboxylic acids is 2. The summed E-state index contributed by atoms with van der Waals surface area (Å²) >= 11 is 0. The molecule has 2 aliphatic heterocycles. The van der Waals surface area contributed by atoms with Gasteiger partial charge in [-0.1, -0.05) is 5.16 Å². The van der Waals surface area contributed by atoms with Crippen molar-refractivity contribution in [3.8, 4) is 11.1 Å². The van der Waals surface area contributed by atoms with Gasteiger partial charge in [-0.2, -0.15) is 0 Å². The Bertz CT molecular complexity index is 893. The van der Waals surface area contributed by atoms with Crippen molar-refractivity contribution in [2.24, 2.45) is 0 Å². The van der Waals surface area contributed by atoms with Gasteiger partial charge in [0.25, 0.3) is 17.5 Å². The van der Waals surface area contributed by atoms with Crippen LogP contribution in [0.4, 0.5) is 5.69 Å². The Hall–Kier alpha value is -3.23. The molecule has 1 aromatic heterocycles. The van der Waals surface area contributed by atoms with Crippen molar-refractivity contribution < 1.29 is 19.0 Å². The Morgan fingerprint density at radius 2 is 1.40 bits per heavy atom. The highest BCUT2D eigenvalue weighted by atomic mass is 16.6. The third-order valence-corrected chi connectivity index (χ3v) is 5.74. The van der Waals surface area contributed by atoms with Crippen LogP contribution >= 0.6 is 0 Å². The normalized spacial score (nSPS) is 17.1. The molecule has 1 aromatic carbocycles. The van der Waals surface area contributed by atoms with E-state index in [1.807, 2.05) is 0 Å². The van der Waals surface area contributed by atoms with Gasteiger partial charge in [-0.25, -0.2) is 0 Å². The maximum Gasteiger partial charge on any atom is 0.293 e.